The van der Waals surface area contributed by atoms with Crippen LogP contribution >= 0.6 is 11.8 Å². The smallest absolute Gasteiger partial charge is 0.336 e. The van der Waals surface area contributed by atoms with E-state index in [1.54, 1.807) is 25.3 Å². The van der Waals surface area contributed by atoms with E-state index in [4.69, 9.17) is 9.84 Å². The summed E-state index contributed by atoms with van der Waals surface area (Å²) < 4.78 is 5.08. The molecule has 0 spiro atoms. The summed E-state index contributed by atoms with van der Waals surface area (Å²) >= 11 is 1.43. The molecule has 0 saturated heterocycles. The van der Waals surface area contributed by atoms with Crippen molar-refractivity contribution in [1.29, 1.82) is 0 Å². The van der Waals surface area contributed by atoms with Gasteiger partial charge in [0.1, 0.15) is 5.75 Å². The maximum Gasteiger partial charge on any atom is 0.336 e. The van der Waals surface area contributed by atoms with Crippen LogP contribution in [0.25, 0.3) is 0 Å². The molecule has 0 bridgehead atoms. The number of methoxy groups -OCH3 is 1. The number of carboxylic acid groups (broad SMARTS) is 1. The fraction of sp³-hybridized carbons (Fsp3) is 0.0714. The third-order valence-corrected chi connectivity index (χ3v) is 3.49. The van der Waals surface area contributed by atoms with Gasteiger partial charge in [-0.15, -0.1) is 0 Å². The summed E-state index contributed by atoms with van der Waals surface area (Å²) in [5.74, 6) is -0.127. The van der Waals surface area contributed by atoms with Crippen LogP contribution in [0.4, 0.5) is 0 Å². The Morgan fingerprint density at radius 1 is 1.11 bits per heavy atom. The first-order valence-electron chi connectivity index (χ1n) is 5.35. The van der Waals surface area contributed by atoms with Crippen molar-refractivity contribution in [3.8, 4) is 5.75 Å². The Balaban J connectivity index is 2.25. The predicted octanol–water partition coefficient (Wildman–Crippen LogP) is 3.54. The third kappa shape index (κ3) is 2.84. The predicted molar refractivity (Wildman–Crippen MR) is 70.5 cm³/mol. The standard InChI is InChI=1S/C14H12O3S/c1-17-10-6-8-11(9-7-10)18-13-5-3-2-4-12(13)14(15)16/h2-9H,1H3,(H,15,16). The van der Waals surface area contributed by atoms with Crippen LogP contribution in [0.1, 0.15) is 10.4 Å². The lowest BCUT2D eigenvalue weighted by Gasteiger charge is -2.06. The SMILES string of the molecule is COc1ccc(Sc2ccccc2C(=O)O)cc1. The fourth-order valence-corrected chi connectivity index (χ4v) is 2.44. The first kappa shape index (κ1) is 12.5. The van der Waals surface area contributed by atoms with Gasteiger partial charge in [-0.05, 0) is 36.4 Å². The zero-order chi connectivity index (χ0) is 13.0. The highest BCUT2D eigenvalue weighted by atomic mass is 32.2. The molecular weight excluding hydrogens is 248 g/mol. The van der Waals surface area contributed by atoms with E-state index in [0.29, 0.717) is 5.56 Å². The summed E-state index contributed by atoms with van der Waals surface area (Å²) in [5, 5.41) is 9.09. The molecule has 0 heterocycles. The van der Waals surface area contributed by atoms with Gasteiger partial charge in [0.15, 0.2) is 0 Å². The lowest BCUT2D eigenvalue weighted by Crippen LogP contribution is -1.97. The first-order chi connectivity index (χ1) is 8.70. The Morgan fingerprint density at radius 2 is 1.78 bits per heavy atom. The molecule has 2 aromatic rings. The molecule has 2 aromatic carbocycles. The van der Waals surface area contributed by atoms with Crippen molar-refractivity contribution >= 4 is 17.7 Å². The number of carboxylic acids is 1. The summed E-state index contributed by atoms with van der Waals surface area (Å²) in [6.45, 7) is 0. The average Bonchev–Trinajstić information content (AvgIpc) is 2.40. The Bertz CT molecular complexity index is 549. The van der Waals surface area contributed by atoms with Crippen molar-refractivity contribution in [1.82, 2.24) is 0 Å². The van der Waals surface area contributed by atoms with Crippen LogP contribution in [0.5, 0.6) is 5.75 Å². The van der Waals surface area contributed by atoms with Crippen molar-refractivity contribution in [2.75, 3.05) is 7.11 Å². The molecule has 1 N–H and O–H groups in total. The zero-order valence-corrected chi connectivity index (χ0v) is 10.6. The van der Waals surface area contributed by atoms with Gasteiger partial charge in [0, 0.05) is 9.79 Å². The van der Waals surface area contributed by atoms with Gasteiger partial charge < -0.3 is 9.84 Å². The second kappa shape index (κ2) is 5.60. The van der Waals surface area contributed by atoms with E-state index in [9.17, 15) is 4.79 Å². The van der Waals surface area contributed by atoms with Gasteiger partial charge in [0.25, 0.3) is 0 Å². The molecule has 0 unspecified atom stereocenters. The Morgan fingerprint density at radius 3 is 2.39 bits per heavy atom. The summed E-state index contributed by atoms with van der Waals surface area (Å²) in [4.78, 5) is 12.8. The number of rotatable bonds is 4. The maximum atomic E-state index is 11.1. The summed E-state index contributed by atoms with van der Waals surface area (Å²) in [6, 6.07) is 14.5. The number of benzene rings is 2. The molecule has 3 nitrogen and oxygen atoms in total. The molecule has 0 aliphatic heterocycles. The minimum Gasteiger partial charge on any atom is -0.497 e. The van der Waals surface area contributed by atoms with Gasteiger partial charge in [-0.25, -0.2) is 4.79 Å². The normalized spacial score (nSPS) is 10.1. The molecule has 0 aliphatic rings. The molecule has 0 saturated carbocycles. The van der Waals surface area contributed by atoms with Gasteiger partial charge in [-0.3, -0.25) is 0 Å². The van der Waals surface area contributed by atoms with Gasteiger partial charge in [0.2, 0.25) is 0 Å². The highest BCUT2D eigenvalue weighted by Crippen LogP contribution is 2.31. The number of carbonyl (C=O) groups is 1. The lowest BCUT2D eigenvalue weighted by atomic mass is 10.2. The molecule has 0 amide bonds. The summed E-state index contributed by atoms with van der Waals surface area (Å²) in [7, 11) is 1.61. The minimum absolute atomic E-state index is 0.318. The van der Waals surface area contributed by atoms with Crippen LogP contribution in [-0.4, -0.2) is 18.2 Å². The monoisotopic (exact) mass is 260 g/mol. The molecule has 0 atom stereocenters. The molecule has 2 rings (SSSR count). The Labute approximate surface area is 109 Å². The van der Waals surface area contributed by atoms with E-state index < -0.39 is 5.97 Å². The molecule has 0 aromatic heterocycles. The third-order valence-electron chi connectivity index (χ3n) is 2.40. The van der Waals surface area contributed by atoms with Crippen molar-refractivity contribution in [3.63, 3.8) is 0 Å². The Hall–Kier alpha value is -1.94. The van der Waals surface area contributed by atoms with Crippen molar-refractivity contribution in [2.45, 2.75) is 9.79 Å². The summed E-state index contributed by atoms with van der Waals surface area (Å²) in [6.07, 6.45) is 0. The summed E-state index contributed by atoms with van der Waals surface area (Å²) in [5.41, 5.74) is 0.318. The van der Waals surface area contributed by atoms with Crippen molar-refractivity contribution in [2.24, 2.45) is 0 Å². The first-order valence-corrected chi connectivity index (χ1v) is 6.16. The second-order valence-electron chi connectivity index (χ2n) is 3.58. The van der Waals surface area contributed by atoms with Gasteiger partial charge in [0.05, 0.1) is 12.7 Å². The van der Waals surface area contributed by atoms with Crippen LogP contribution in [-0.2, 0) is 0 Å². The van der Waals surface area contributed by atoms with E-state index in [1.165, 1.54) is 11.8 Å². The number of ether oxygens (including phenoxy) is 1. The molecule has 92 valence electrons. The van der Waals surface area contributed by atoms with Gasteiger partial charge >= 0.3 is 5.97 Å². The van der Waals surface area contributed by atoms with Crippen LogP contribution in [0.3, 0.4) is 0 Å². The van der Waals surface area contributed by atoms with Crippen LogP contribution in [0, 0.1) is 0 Å². The molecule has 0 aliphatic carbocycles. The van der Waals surface area contributed by atoms with E-state index in [2.05, 4.69) is 0 Å². The average molecular weight is 260 g/mol. The highest BCUT2D eigenvalue weighted by Gasteiger charge is 2.09. The van der Waals surface area contributed by atoms with Crippen LogP contribution in [0.2, 0.25) is 0 Å². The van der Waals surface area contributed by atoms with Crippen LogP contribution < -0.4 is 4.74 Å². The van der Waals surface area contributed by atoms with Gasteiger partial charge in [-0.1, -0.05) is 23.9 Å². The van der Waals surface area contributed by atoms with Crippen molar-refractivity contribution < 1.29 is 14.6 Å². The maximum absolute atomic E-state index is 11.1. The van der Waals surface area contributed by atoms with E-state index >= 15 is 0 Å². The fourth-order valence-electron chi connectivity index (χ4n) is 1.50. The highest BCUT2D eigenvalue weighted by molar-refractivity contribution is 7.99. The molecular formula is C14H12O3S. The van der Waals surface area contributed by atoms with Crippen LogP contribution in [0.15, 0.2) is 58.3 Å². The van der Waals surface area contributed by atoms with Crippen molar-refractivity contribution in [3.05, 3.63) is 54.1 Å². The van der Waals surface area contributed by atoms with E-state index in [1.807, 2.05) is 30.3 Å². The molecule has 0 fully saturated rings. The number of hydrogen-bond acceptors (Lipinski definition) is 3. The zero-order valence-electron chi connectivity index (χ0n) is 9.79. The largest absolute Gasteiger partial charge is 0.497 e. The number of hydrogen-bond donors (Lipinski definition) is 1. The quantitative estimate of drug-likeness (QED) is 0.913. The topological polar surface area (TPSA) is 46.5 Å². The molecule has 0 radical (unpaired) electrons. The van der Waals surface area contributed by atoms with E-state index in [-0.39, 0.29) is 0 Å². The Kier molecular flexibility index (Phi) is 3.89. The lowest BCUT2D eigenvalue weighted by molar-refractivity contribution is 0.0693. The van der Waals surface area contributed by atoms with E-state index in [0.717, 1.165) is 15.5 Å². The minimum atomic E-state index is -0.911. The molecule has 4 heteroatoms. The second-order valence-corrected chi connectivity index (χ2v) is 4.69. The van der Waals surface area contributed by atoms with Gasteiger partial charge in [-0.2, -0.15) is 0 Å². The number of aromatic carboxylic acids is 1. The molecule has 18 heavy (non-hydrogen) atoms.